The monoisotopic (exact) mass is 324 g/mol. The Bertz CT molecular complexity index is 1040. The van der Waals surface area contributed by atoms with Crippen molar-refractivity contribution in [1.82, 2.24) is 4.57 Å². The number of azo groups is 1. The van der Waals surface area contributed by atoms with Gasteiger partial charge in [0.25, 0.3) is 11.2 Å². The highest BCUT2D eigenvalue weighted by molar-refractivity contribution is 5.89. The summed E-state index contributed by atoms with van der Waals surface area (Å²) in [6.07, 6.45) is 0. The predicted octanol–water partition coefficient (Wildman–Crippen LogP) is 3.57. The summed E-state index contributed by atoms with van der Waals surface area (Å²) in [5.74, 6) is -0.275. The Hall–Kier alpha value is -3.55. The third kappa shape index (κ3) is 2.60. The van der Waals surface area contributed by atoms with Gasteiger partial charge in [-0.05, 0) is 18.2 Å². The standard InChI is InChI=1S/C16H12N4O4/c1-19-13-8-3-2-7-12(13)15(21)14(16(19)22)18-17-10-5-4-6-11(9-10)20(23)24/h2-9,21H,1H3. The van der Waals surface area contributed by atoms with Crippen LogP contribution in [0.5, 0.6) is 5.75 Å². The molecule has 1 aromatic heterocycles. The van der Waals surface area contributed by atoms with Crippen LogP contribution < -0.4 is 5.56 Å². The molecule has 3 rings (SSSR count). The molecule has 24 heavy (non-hydrogen) atoms. The highest BCUT2D eigenvalue weighted by Crippen LogP contribution is 2.32. The highest BCUT2D eigenvalue weighted by atomic mass is 16.6. The maximum atomic E-state index is 12.3. The number of aromatic hydroxyl groups is 1. The van der Waals surface area contributed by atoms with Crippen molar-refractivity contribution in [2.75, 3.05) is 0 Å². The number of aryl methyl sites for hydroxylation is 1. The van der Waals surface area contributed by atoms with E-state index in [4.69, 9.17) is 0 Å². The first-order valence-corrected chi connectivity index (χ1v) is 6.96. The molecule has 120 valence electrons. The molecule has 0 saturated carbocycles. The number of pyridine rings is 1. The van der Waals surface area contributed by atoms with Gasteiger partial charge >= 0.3 is 0 Å². The van der Waals surface area contributed by atoms with Crippen LogP contribution >= 0.6 is 0 Å². The van der Waals surface area contributed by atoms with Crippen molar-refractivity contribution in [3.8, 4) is 5.75 Å². The summed E-state index contributed by atoms with van der Waals surface area (Å²) in [4.78, 5) is 22.6. The molecule has 8 heteroatoms. The Morgan fingerprint density at radius 3 is 2.62 bits per heavy atom. The summed E-state index contributed by atoms with van der Waals surface area (Å²) in [5, 5.41) is 29.2. The number of para-hydroxylation sites is 1. The van der Waals surface area contributed by atoms with Crippen LogP contribution in [-0.2, 0) is 7.05 Å². The van der Waals surface area contributed by atoms with Crippen molar-refractivity contribution in [3.63, 3.8) is 0 Å². The number of aromatic nitrogens is 1. The molecular weight excluding hydrogens is 312 g/mol. The summed E-state index contributed by atoms with van der Waals surface area (Å²) in [6.45, 7) is 0. The lowest BCUT2D eigenvalue weighted by Gasteiger charge is -2.08. The topological polar surface area (TPSA) is 110 Å². The zero-order valence-electron chi connectivity index (χ0n) is 12.6. The molecule has 0 saturated heterocycles. The van der Waals surface area contributed by atoms with Crippen LogP contribution in [0.4, 0.5) is 17.1 Å². The molecule has 0 fully saturated rings. The lowest BCUT2D eigenvalue weighted by molar-refractivity contribution is -0.384. The number of hydrogen-bond acceptors (Lipinski definition) is 6. The van der Waals surface area contributed by atoms with E-state index in [9.17, 15) is 20.0 Å². The zero-order chi connectivity index (χ0) is 17.3. The molecule has 1 heterocycles. The van der Waals surface area contributed by atoms with Gasteiger partial charge in [-0.3, -0.25) is 14.9 Å². The lowest BCUT2D eigenvalue weighted by atomic mass is 10.2. The van der Waals surface area contributed by atoms with E-state index >= 15 is 0 Å². The maximum absolute atomic E-state index is 12.3. The van der Waals surface area contributed by atoms with Gasteiger partial charge in [-0.15, -0.1) is 10.2 Å². The van der Waals surface area contributed by atoms with Gasteiger partial charge in [-0.25, -0.2) is 0 Å². The normalized spacial score (nSPS) is 11.2. The molecule has 0 aliphatic heterocycles. The van der Waals surface area contributed by atoms with E-state index in [1.54, 1.807) is 31.3 Å². The second kappa shape index (κ2) is 5.92. The lowest BCUT2D eigenvalue weighted by Crippen LogP contribution is -2.16. The molecule has 0 atom stereocenters. The number of hydrogen-bond donors (Lipinski definition) is 1. The number of nitro groups is 1. The van der Waals surface area contributed by atoms with Crippen molar-refractivity contribution < 1.29 is 10.0 Å². The first-order valence-electron chi connectivity index (χ1n) is 6.96. The third-order valence-corrected chi connectivity index (χ3v) is 3.56. The van der Waals surface area contributed by atoms with Crippen molar-refractivity contribution in [1.29, 1.82) is 0 Å². The SMILES string of the molecule is Cn1c(=O)c(N=Nc2cccc([N+](=O)[O-])c2)c(O)c2ccccc21. The Balaban J connectivity index is 2.12. The summed E-state index contributed by atoms with van der Waals surface area (Å²) in [7, 11) is 1.57. The van der Waals surface area contributed by atoms with Crippen molar-refractivity contribution >= 4 is 28.0 Å². The second-order valence-electron chi connectivity index (χ2n) is 5.06. The fourth-order valence-electron chi connectivity index (χ4n) is 2.33. The average molecular weight is 324 g/mol. The summed E-state index contributed by atoms with van der Waals surface area (Å²) in [5.41, 5.74) is -0.0988. The number of benzene rings is 2. The second-order valence-corrected chi connectivity index (χ2v) is 5.06. The van der Waals surface area contributed by atoms with Gasteiger partial charge in [0.2, 0.25) is 0 Å². The number of fused-ring (bicyclic) bond motifs is 1. The van der Waals surface area contributed by atoms with Gasteiger partial charge in [-0.2, -0.15) is 0 Å². The van der Waals surface area contributed by atoms with Crippen molar-refractivity contribution in [2.24, 2.45) is 17.3 Å². The summed E-state index contributed by atoms with van der Waals surface area (Å²) in [6, 6.07) is 12.4. The molecule has 0 amide bonds. The third-order valence-electron chi connectivity index (χ3n) is 3.56. The average Bonchev–Trinajstić information content (AvgIpc) is 2.60. The van der Waals surface area contributed by atoms with Crippen LogP contribution in [0.3, 0.4) is 0 Å². The van der Waals surface area contributed by atoms with Crippen molar-refractivity contribution in [2.45, 2.75) is 0 Å². The minimum Gasteiger partial charge on any atom is -0.505 e. The minimum atomic E-state index is -0.550. The van der Waals surface area contributed by atoms with Crippen LogP contribution in [0.15, 0.2) is 63.6 Å². The Labute approximate surface area is 135 Å². The number of rotatable bonds is 3. The molecule has 8 nitrogen and oxygen atoms in total. The molecule has 0 aliphatic carbocycles. The van der Waals surface area contributed by atoms with E-state index in [1.165, 1.54) is 28.8 Å². The van der Waals surface area contributed by atoms with Gasteiger partial charge in [-0.1, -0.05) is 18.2 Å². The van der Waals surface area contributed by atoms with Gasteiger partial charge < -0.3 is 9.67 Å². The molecule has 3 aromatic rings. The quantitative estimate of drug-likeness (QED) is 0.451. The van der Waals surface area contributed by atoms with Gasteiger partial charge in [0.15, 0.2) is 11.4 Å². The fourth-order valence-corrected chi connectivity index (χ4v) is 2.33. The summed E-state index contributed by atoms with van der Waals surface area (Å²) >= 11 is 0. The van der Waals surface area contributed by atoms with Crippen LogP contribution in [0.25, 0.3) is 10.9 Å². The number of nitro benzene ring substituents is 1. The number of non-ortho nitro benzene ring substituents is 1. The molecule has 0 spiro atoms. The molecule has 1 N–H and O–H groups in total. The van der Waals surface area contributed by atoms with E-state index in [2.05, 4.69) is 10.2 Å². The van der Waals surface area contributed by atoms with Crippen LogP contribution in [0, 0.1) is 10.1 Å². The molecule has 0 bridgehead atoms. The van der Waals surface area contributed by atoms with E-state index in [0.717, 1.165) is 0 Å². The molecule has 0 unspecified atom stereocenters. The van der Waals surface area contributed by atoms with Crippen LogP contribution in [-0.4, -0.2) is 14.6 Å². The Morgan fingerprint density at radius 1 is 1.12 bits per heavy atom. The van der Waals surface area contributed by atoms with E-state index < -0.39 is 10.5 Å². The minimum absolute atomic E-state index is 0.137. The molecule has 0 aliphatic rings. The number of nitrogens with zero attached hydrogens (tertiary/aromatic N) is 4. The van der Waals surface area contributed by atoms with E-state index in [0.29, 0.717) is 10.9 Å². The van der Waals surface area contributed by atoms with Gasteiger partial charge in [0, 0.05) is 24.6 Å². The highest BCUT2D eigenvalue weighted by Gasteiger charge is 2.14. The maximum Gasteiger partial charge on any atom is 0.282 e. The first-order chi connectivity index (χ1) is 11.5. The fraction of sp³-hybridized carbons (Fsp3) is 0.0625. The summed E-state index contributed by atoms with van der Waals surface area (Å²) < 4.78 is 1.36. The molecular formula is C16H12N4O4. The van der Waals surface area contributed by atoms with Gasteiger partial charge in [0.1, 0.15) is 0 Å². The molecule has 2 aromatic carbocycles. The Kier molecular flexibility index (Phi) is 3.78. The van der Waals surface area contributed by atoms with E-state index in [1.807, 2.05) is 0 Å². The molecule has 0 radical (unpaired) electrons. The zero-order valence-corrected chi connectivity index (χ0v) is 12.6. The van der Waals surface area contributed by atoms with Crippen LogP contribution in [0.1, 0.15) is 0 Å². The first kappa shape index (κ1) is 15.3. The van der Waals surface area contributed by atoms with Crippen LogP contribution in [0.2, 0.25) is 0 Å². The Morgan fingerprint density at radius 2 is 1.88 bits per heavy atom. The predicted molar refractivity (Wildman–Crippen MR) is 88.1 cm³/mol. The smallest absolute Gasteiger partial charge is 0.282 e. The van der Waals surface area contributed by atoms with Crippen molar-refractivity contribution in [3.05, 3.63) is 69.0 Å². The van der Waals surface area contributed by atoms with E-state index in [-0.39, 0.29) is 22.8 Å². The largest absolute Gasteiger partial charge is 0.505 e. The van der Waals surface area contributed by atoms with Gasteiger partial charge in [0.05, 0.1) is 16.1 Å².